The number of rotatable bonds is 7. The van der Waals surface area contributed by atoms with Crippen molar-refractivity contribution < 1.29 is 9.47 Å². The van der Waals surface area contributed by atoms with E-state index in [0.29, 0.717) is 6.61 Å². The Morgan fingerprint density at radius 2 is 1.40 bits per heavy atom. The highest BCUT2D eigenvalue weighted by Gasteiger charge is 2.26. The molecule has 0 amide bonds. The van der Waals surface area contributed by atoms with Crippen LogP contribution >= 0.6 is 0 Å². The van der Waals surface area contributed by atoms with Gasteiger partial charge in [0.25, 0.3) is 0 Å². The van der Waals surface area contributed by atoms with Gasteiger partial charge in [0.15, 0.2) is 6.10 Å². The first-order valence-corrected chi connectivity index (χ1v) is 6.84. The van der Waals surface area contributed by atoms with Gasteiger partial charge in [0.05, 0.1) is 6.26 Å². The zero-order chi connectivity index (χ0) is 14.2. The summed E-state index contributed by atoms with van der Waals surface area (Å²) in [6, 6.07) is 20.2. The van der Waals surface area contributed by atoms with Crippen molar-refractivity contribution in [3.63, 3.8) is 0 Å². The molecule has 0 saturated heterocycles. The summed E-state index contributed by atoms with van der Waals surface area (Å²) < 4.78 is 11.7. The van der Waals surface area contributed by atoms with Gasteiger partial charge in [-0.3, -0.25) is 0 Å². The van der Waals surface area contributed by atoms with E-state index in [1.54, 1.807) is 0 Å². The van der Waals surface area contributed by atoms with E-state index in [-0.39, 0.29) is 12.2 Å². The van der Waals surface area contributed by atoms with Crippen LogP contribution in [0.2, 0.25) is 0 Å². The number of hydrogen-bond donors (Lipinski definition) is 0. The molecule has 0 radical (unpaired) electrons. The minimum absolute atomic E-state index is 0.151. The van der Waals surface area contributed by atoms with Crippen LogP contribution in [0.4, 0.5) is 0 Å². The summed E-state index contributed by atoms with van der Waals surface area (Å²) in [7, 11) is 0. The van der Waals surface area contributed by atoms with Gasteiger partial charge in [-0.15, -0.1) is 0 Å². The maximum absolute atomic E-state index is 5.92. The summed E-state index contributed by atoms with van der Waals surface area (Å²) in [6.45, 7) is 6.30. The largest absolute Gasteiger partial charge is 0.491 e. The van der Waals surface area contributed by atoms with Crippen LogP contribution in [0.3, 0.4) is 0 Å². The molecule has 2 heteroatoms. The first kappa shape index (κ1) is 14.4. The second-order valence-corrected chi connectivity index (χ2v) is 4.42. The summed E-state index contributed by atoms with van der Waals surface area (Å²) in [5, 5.41) is 0. The quantitative estimate of drug-likeness (QED) is 0.680. The minimum atomic E-state index is -0.198. The van der Waals surface area contributed by atoms with E-state index in [4.69, 9.17) is 9.47 Å². The molecule has 2 atom stereocenters. The molecule has 0 bridgehead atoms. The summed E-state index contributed by atoms with van der Waals surface area (Å²) in [5.74, 6) is 0. The molecule has 0 aliphatic heterocycles. The predicted molar refractivity (Wildman–Crippen MR) is 81.3 cm³/mol. The van der Waals surface area contributed by atoms with Crippen molar-refractivity contribution in [1.29, 1.82) is 0 Å². The van der Waals surface area contributed by atoms with Gasteiger partial charge < -0.3 is 9.47 Å². The molecule has 0 aromatic heterocycles. The van der Waals surface area contributed by atoms with Gasteiger partial charge in [-0.05, 0) is 18.1 Å². The van der Waals surface area contributed by atoms with Crippen molar-refractivity contribution in [3.8, 4) is 0 Å². The smallest absolute Gasteiger partial charge is 0.153 e. The number of benzene rings is 2. The molecule has 0 aliphatic rings. The molecule has 104 valence electrons. The molecule has 0 heterocycles. The van der Waals surface area contributed by atoms with Crippen molar-refractivity contribution in [2.24, 2.45) is 0 Å². The van der Waals surface area contributed by atoms with E-state index in [1.165, 1.54) is 6.26 Å². The standard InChI is InChI=1S/C18H20O2/c1-3-19-17(15-11-7-5-8-12-15)18(20-4-2)16-13-9-6-10-14-16/h3,5-14,17-18H,1,4H2,2H3/t17-,18+/m1/s1. The summed E-state index contributed by atoms with van der Waals surface area (Å²) in [6.07, 6.45) is 1.13. The molecule has 2 aromatic carbocycles. The van der Waals surface area contributed by atoms with Crippen LogP contribution in [0.15, 0.2) is 73.5 Å². The first-order chi connectivity index (χ1) is 9.86. The molecule has 20 heavy (non-hydrogen) atoms. The van der Waals surface area contributed by atoms with Crippen molar-refractivity contribution >= 4 is 0 Å². The fourth-order valence-electron chi connectivity index (χ4n) is 2.25. The van der Waals surface area contributed by atoms with Crippen molar-refractivity contribution in [2.45, 2.75) is 19.1 Å². The fourth-order valence-corrected chi connectivity index (χ4v) is 2.25. The van der Waals surface area contributed by atoms with Gasteiger partial charge >= 0.3 is 0 Å². The Labute approximate surface area is 120 Å². The highest BCUT2D eigenvalue weighted by atomic mass is 16.5. The lowest BCUT2D eigenvalue weighted by molar-refractivity contribution is -0.0424. The third kappa shape index (κ3) is 3.49. The molecule has 0 unspecified atom stereocenters. The highest BCUT2D eigenvalue weighted by molar-refractivity contribution is 5.25. The molecular weight excluding hydrogens is 248 g/mol. The Bertz CT molecular complexity index is 507. The van der Waals surface area contributed by atoms with Crippen LogP contribution in [0.25, 0.3) is 0 Å². The van der Waals surface area contributed by atoms with Crippen LogP contribution < -0.4 is 0 Å². The normalized spacial score (nSPS) is 13.4. The second-order valence-electron chi connectivity index (χ2n) is 4.42. The van der Waals surface area contributed by atoms with Crippen molar-refractivity contribution in [2.75, 3.05) is 6.61 Å². The van der Waals surface area contributed by atoms with Crippen LogP contribution in [0.1, 0.15) is 30.3 Å². The van der Waals surface area contributed by atoms with Crippen molar-refractivity contribution in [3.05, 3.63) is 84.6 Å². The van der Waals surface area contributed by atoms with Gasteiger partial charge in [-0.25, -0.2) is 0 Å². The van der Waals surface area contributed by atoms with Crippen LogP contribution in [-0.4, -0.2) is 6.61 Å². The van der Waals surface area contributed by atoms with E-state index < -0.39 is 0 Å². The predicted octanol–water partition coefficient (Wildman–Crippen LogP) is 4.67. The summed E-state index contributed by atoms with van der Waals surface area (Å²) in [4.78, 5) is 0. The average molecular weight is 268 g/mol. The number of hydrogen-bond acceptors (Lipinski definition) is 2. The lowest BCUT2D eigenvalue weighted by Crippen LogP contribution is -2.16. The monoisotopic (exact) mass is 268 g/mol. The molecule has 0 saturated carbocycles. The molecule has 2 rings (SSSR count). The zero-order valence-corrected chi connectivity index (χ0v) is 11.7. The van der Waals surface area contributed by atoms with E-state index in [2.05, 4.69) is 18.7 Å². The van der Waals surface area contributed by atoms with Gasteiger partial charge in [0, 0.05) is 6.61 Å². The van der Waals surface area contributed by atoms with Crippen LogP contribution in [0.5, 0.6) is 0 Å². The number of ether oxygens (including phenoxy) is 2. The van der Waals surface area contributed by atoms with Gasteiger partial charge in [0.2, 0.25) is 0 Å². The Morgan fingerprint density at radius 1 is 0.900 bits per heavy atom. The Balaban J connectivity index is 2.35. The zero-order valence-electron chi connectivity index (χ0n) is 11.7. The first-order valence-electron chi connectivity index (χ1n) is 6.84. The molecule has 0 fully saturated rings. The molecule has 2 nitrogen and oxygen atoms in total. The Kier molecular flexibility index (Phi) is 5.39. The van der Waals surface area contributed by atoms with Gasteiger partial charge in [0.1, 0.15) is 6.10 Å². The Hall–Kier alpha value is -2.06. The molecule has 0 spiro atoms. The fraction of sp³-hybridized carbons (Fsp3) is 0.222. The lowest BCUT2D eigenvalue weighted by Gasteiger charge is -2.27. The third-order valence-corrected chi connectivity index (χ3v) is 3.12. The molecule has 2 aromatic rings. The lowest BCUT2D eigenvalue weighted by atomic mass is 9.98. The van der Waals surface area contributed by atoms with Crippen molar-refractivity contribution in [1.82, 2.24) is 0 Å². The summed E-state index contributed by atoms with van der Waals surface area (Å²) >= 11 is 0. The summed E-state index contributed by atoms with van der Waals surface area (Å²) in [5.41, 5.74) is 2.18. The second kappa shape index (κ2) is 7.51. The molecular formula is C18H20O2. The highest BCUT2D eigenvalue weighted by Crippen LogP contribution is 2.35. The van der Waals surface area contributed by atoms with E-state index in [1.807, 2.05) is 55.5 Å². The van der Waals surface area contributed by atoms with E-state index >= 15 is 0 Å². The van der Waals surface area contributed by atoms with Crippen LogP contribution in [-0.2, 0) is 9.47 Å². The van der Waals surface area contributed by atoms with Gasteiger partial charge in [-0.1, -0.05) is 67.2 Å². The average Bonchev–Trinajstić information content (AvgIpc) is 2.52. The molecule has 0 N–H and O–H groups in total. The Morgan fingerprint density at radius 3 is 1.85 bits per heavy atom. The van der Waals surface area contributed by atoms with Gasteiger partial charge in [-0.2, -0.15) is 0 Å². The maximum atomic E-state index is 5.92. The van der Waals surface area contributed by atoms with E-state index in [9.17, 15) is 0 Å². The van der Waals surface area contributed by atoms with E-state index in [0.717, 1.165) is 11.1 Å². The SMILES string of the molecule is C=CO[C@H](c1ccccc1)[C@@H](OCC)c1ccccc1. The topological polar surface area (TPSA) is 18.5 Å². The maximum Gasteiger partial charge on any atom is 0.153 e. The van der Waals surface area contributed by atoms with Crippen LogP contribution in [0, 0.1) is 0 Å². The molecule has 0 aliphatic carbocycles. The minimum Gasteiger partial charge on any atom is -0.491 e. The third-order valence-electron chi connectivity index (χ3n) is 3.12.